The zero-order valence-corrected chi connectivity index (χ0v) is 7.47. The summed E-state index contributed by atoms with van der Waals surface area (Å²) in [6.07, 6.45) is 9.38. The summed E-state index contributed by atoms with van der Waals surface area (Å²) in [7, 11) is 0. The van der Waals surface area contributed by atoms with Crippen LogP contribution in [0.1, 0.15) is 45.4 Å². The van der Waals surface area contributed by atoms with E-state index in [0.29, 0.717) is 0 Å². The molecular formula is C11H18. The Kier molecular flexibility index (Phi) is 1.09. The van der Waals surface area contributed by atoms with Gasteiger partial charge in [-0.3, -0.25) is 0 Å². The van der Waals surface area contributed by atoms with E-state index in [4.69, 9.17) is 0 Å². The van der Waals surface area contributed by atoms with E-state index in [2.05, 4.69) is 6.92 Å². The molecule has 0 heteroatoms. The summed E-state index contributed by atoms with van der Waals surface area (Å²) in [4.78, 5) is 0. The summed E-state index contributed by atoms with van der Waals surface area (Å²) in [5, 5.41) is 0. The lowest BCUT2D eigenvalue weighted by molar-refractivity contribution is 0.0384. The van der Waals surface area contributed by atoms with Crippen molar-refractivity contribution in [3.8, 4) is 0 Å². The minimum absolute atomic E-state index is 0.834. The Morgan fingerprint density at radius 1 is 1.18 bits per heavy atom. The molecular weight excluding hydrogens is 132 g/mol. The van der Waals surface area contributed by atoms with Gasteiger partial charge in [-0.25, -0.2) is 0 Å². The van der Waals surface area contributed by atoms with Crippen molar-refractivity contribution in [3.63, 3.8) is 0 Å². The van der Waals surface area contributed by atoms with Crippen molar-refractivity contribution in [3.05, 3.63) is 0 Å². The fourth-order valence-electron chi connectivity index (χ4n) is 4.23. The van der Waals surface area contributed by atoms with Gasteiger partial charge in [-0.05, 0) is 48.9 Å². The predicted octanol–water partition coefficient (Wildman–Crippen LogP) is 3.22. The van der Waals surface area contributed by atoms with Crippen molar-refractivity contribution in [1.82, 2.24) is 0 Å². The highest BCUT2D eigenvalue weighted by molar-refractivity contribution is 5.07. The second-order valence-corrected chi connectivity index (χ2v) is 5.27. The molecule has 0 radical (unpaired) electrons. The van der Waals surface area contributed by atoms with Gasteiger partial charge >= 0.3 is 0 Å². The van der Waals surface area contributed by atoms with Crippen molar-refractivity contribution < 1.29 is 0 Å². The number of hydrogen-bond donors (Lipinski definition) is 0. The molecule has 4 atom stereocenters. The first kappa shape index (κ1) is 6.51. The lowest BCUT2D eigenvalue weighted by Crippen LogP contribution is -2.37. The van der Waals surface area contributed by atoms with Crippen LogP contribution in [0.2, 0.25) is 0 Å². The molecule has 3 rings (SSSR count). The molecule has 0 nitrogen and oxygen atoms in total. The summed E-state index contributed by atoms with van der Waals surface area (Å²) in [5.41, 5.74) is 0.834. The van der Waals surface area contributed by atoms with Gasteiger partial charge in [-0.2, -0.15) is 0 Å². The van der Waals surface area contributed by atoms with Crippen LogP contribution in [0.15, 0.2) is 0 Å². The highest BCUT2D eigenvalue weighted by Crippen LogP contribution is 2.66. The molecule has 0 amide bonds. The summed E-state index contributed by atoms with van der Waals surface area (Å²) in [5.74, 6) is 3.46. The summed E-state index contributed by atoms with van der Waals surface area (Å²) >= 11 is 0. The maximum absolute atomic E-state index is 2.57. The monoisotopic (exact) mass is 150 g/mol. The maximum Gasteiger partial charge on any atom is -0.0266 e. The van der Waals surface area contributed by atoms with Gasteiger partial charge in [-0.15, -0.1) is 0 Å². The lowest BCUT2D eigenvalue weighted by Gasteiger charge is -2.46. The minimum atomic E-state index is 0.834. The van der Waals surface area contributed by atoms with Gasteiger partial charge in [0.15, 0.2) is 0 Å². The zero-order valence-electron chi connectivity index (χ0n) is 7.47. The molecule has 0 N–H and O–H groups in total. The Balaban J connectivity index is 1.92. The second-order valence-electron chi connectivity index (χ2n) is 5.27. The highest BCUT2D eigenvalue weighted by Gasteiger charge is 2.57. The average Bonchev–Trinajstić information content (AvgIpc) is 2.49. The molecule has 0 saturated heterocycles. The van der Waals surface area contributed by atoms with Crippen molar-refractivity contribution >= 4 is 0 Å². The van der Waals surface area contributed by atoms with Gasteiger partial charge in [-0.1, -0.05) is 19.8 Å². The maximum atomic E-state index is 2.57. The Morgan fingerprint density at radius 3 is 2.82 bits per heavy atom. The van der Waals surface area contributed by atoms with Crippen molar-refractivity contribution in [1.29, 1.82) is 0 Å². The molecule has 0 aliphatic heterocycles. The molecule has 0 spiro atoms. The van der Waals surface area contributed by atoms with Gasteiger partial charge in [0.1, 0.15) is 0 Å². The zero-order chi connectivity index (χ0) is 7.47. The third-order valence-electron chi connectivity index (χ3n) is 5.06. The summed E-state index contributed by atoms with van der Waals surface area (Å²) in [6, 6.07) is 0. The SMILES string of the molecule is C[C@]12CC[C@H]1C[C@H]1CCC[C@H]12. The van der Waals surface area contributed by atoms with E-state index >= 15 is 0 Å². The summed E-state index contributed by atoms with van der Waals surface area (Å²) < 4.78 is 0. The highest BCUT2D eigenvalue weighted by atomic mass is 14.6. The quantitative estimate of drug-likeness (QED) is 0.497. The van der Waals surface area contributed by atoms with Crippen molar-refractivity contribution in [2.75, 3.05) is 0 Å². The van der Waals surface area contributed by atoms with Gasteiger partial charge in [0, 0.05) is 0 Å². The fourth-order valence-corrected chi connectivity index (χ4v) is 4.23. The number of rotatable bonds is 0. The third kappa shape index (κ3) is 0.625. The second kappa shape index (κ2) is 1.84. The Labute approximate surface area is 69.4 Å². The van der Waals surface area contributed by atoms with E-state index in [1.165, 1.54) is 6.42 Å². The average molecular weight is 150 g/mol. The van der Waals surface area contributed by atoms with Gasteiger partial charge in [0.25, 0.3) is 0 Å². The van der Waals surface area contributed by atoms with Crippen molar-refractivity contribution in [2.24, 2.45) is 23.2 Å². The molecule has 3 saturated carbocycles. The molecule has 0 unspecified atom stereocenters. The Bertz CT molecular complexity index is 184. The largest absolute Gasteiger partial charge is 0.0591 e. The molecule has 11 heavy (non-hydrogen) atoms. The molecule has 62 valence electrons. The molecule has 0 aromatic heterocycles. The van der Waals surface area contributed by atoms with Crippen LogP contribution in [0, 0.1) is 23.2 Å². The van der Waals surface area contributed by atoms with E-state index < -0.39 is 0 Å². The Morgan fingerprint density at radius 2 is 2.09 bits per heavy atom. The van der Waals surface area contributed by atoms with Crippen LogP contribution in [0.4, 0.5) is 0 Å². The summed E-state index contributed by atoms with van der Waals surface area (Å²) in [6.45, 7) is 2.57. The first-order chi connectivity index (χ1) is 5.31. The first-order valence-corrected chi connectivity index (χ1v) is 5.31. The molecule has 0 aromatic rings. The van der Waals surface area contributed by atoms with Crippen LogP contribution in [0.3, 0.4) is 0 Å². The van der Waals surface area contributed by atoms with E-state index in [0.717, 1.165) is 23.2 Å². The molecule has 0 aromatic carbocycles. The molecule has 0 bridgehead atoms. The van der Waals surface area contributed by atoms with E-state index in [1.54, 1.807) is 32.1 Å². The first-order valence-electron chi connectivity index (χ1n) is 5.31. The van der Waals surface area contributed by atoms with Crippen LogP contribution < -0.4 is 0 Å². The van der Waals surface area contributed by atoms with E-state index in [9.17, 15) is 0 Å². The molecule has 0 heterocycles. The fraction of sp³-hybridized carbons (Fsp3) is 1.00. The van der Waals surface area contributed by atoms with Gasteiger partial charge in [0.2, 0.25) is 0 Å². The molecule has 3 aliphatic rings. The standard InChI is InChI=1S/C11H18/c1-11-6-5-9(11)7-8-3-2-4-10(8)11/h8-10H,2-7H2,1H3/t8-,9+,10-,11+/m1/s1. The van der Waals surface area contributed by atoms with Gasteiger partial charge < -0.3 is 0 Å². The lowest BCUT2D eigenvalue weighted by atomic mass is 9.59. The smallest absolute Gasteiger partial charge is 0.0266 e. The van der Waals surface area contributed by atoms with Crippen LogP contribution in [0.25, 0.3) is 0 Å². The third-order valence-corrected chi connectivity index (χ3v) is 5.06. The normalized spacial score (nSPS) is 60.3. The van der Waals surface area contributed by atoms with E-state index in [1.807, 2.05) is 0 Å². The van der Waals surface area contributed by atoms with Gasteiger partial charge in [0.05, 0.1) is 0 Å². The van der Waals surface area contributed by atoms with Crippen LogP contribution >= 0.6 is 0 Å². The topological polar surface area (TPSA) is 0 Å². The van der Waals surface area contributed by atoms with E-state index in [-0.39, 0.29) is 0 Å². The number of hydrogen-bond acceptors (Lipinski definition) is 0. The predicted molar refractivity (Wildman–Crippen MR) is 46.3 cm³/mol. The molecule has 3 fully saturated rings. The number of fused-ring (bicyclic) bond motifs is 3. The van der Waals surface area contributed by atoms with Crippen LogP contribution in [-0.4, -0.2) is 0 Å². The minimum Gasteiger partial charge on any atom is -0.0591 e. The van der Waals surface area contributed by atoms with Crippen molar-refractivity contribution in [2.45, 2.75) is 45.4 Å². The molecule has 3 aliphatic carbocycles. The Hall–Kier alpha value is 0. The van der Waals surface area contributed by atoms with Crippen LogP contribution in [0.5, 0.6) is 0 Å². The van der Waals surface area contributed by atoms with Crippen LogP contribution in [-0.2, 0) is 0 Å².